The van der Waals surface area contributed by atoms with Crippen molar-refractivity contribution in [3.63, 3.8) is 0 Å². The molecular weight excluding hydrogens is 302 g/mol. The van der Waals surface area contributed by atoms with Crippen molar-refractivity contribution in [3.8, 4) is 0 Å². The molecule has 1 heterocycles. The third-order valence-corrected chi connectivity index (χ3v) is 3.39. The van der Waals surface area contributed by atoms with E-state index in [1.165, 1.54) is 6.92 Å². The van der Waals surface area contributed by atoms with Crippen molar-refractivity contribution in [2.24, 2.45) is 0 Å². The average Bonchev–Trinajstić information content (AvgIpc) is 2.97. The van der Waals surface area contributed by atoms with Crippen LogP contribution < -0.4 is 16.0 Å². The smallest absolute Gasteiger partial charge is 0.251 e. The zero-order valence-electron chi connectivity index (χ0n) is 12.3. The van der Waals surface area contributed by atoms with Crippen LogP contribution in [0.5, 0.6) is 0 Å². The molecule has 6 nitrogen and oxygen atoms in total. The molecule has 0 aliphatic carbocycles. The van der Waals surface area contributed by atoms with Crippen molar-refractivity contribution in [1.82, 2.24) is 10.6 Å². The molecule has 7 heteroatoms. The molecule has 22 heavy (non-hydrogen) atoms. The van der Waals surface area contributed by atoms with Gasteiger partial charge in [0.1, 0.15) is 0 Å². The Labute approximate surface area is 134 Å². The first-order valence-electron chi connectivity index (χ1n) is 7.13. The molecule has 1 aromatic carbocycles. The first-order chi connectivity index (χ1) is 10.5. The van der Waals surface area contributed by atoms with Gasteiger partial charge >= 0.3 is 0 Å². The van der Waals surface area contributed by atoms with Gasteiger partial charge in [0.15, 0.2) is 5.11 Å². The summed E-state index contributed by atoms with van der Waals surface area (Å²) in [5, 5.41) is 8.38. The second kappa shape index (κ2) is 7.86. The van der Waals surface area contributed by atoms with E-state index in [1.807, 2.05) is 0 Å². The summed E-state index contributed by atoms with van der Waals surface area (Å²) in [6.07, 6.45) is 2.13. The molecule has 1 aliphatic rings. The molecule has 3 N–H and O–H groups in total. The van der Waals surface area contributed by atoms with Gasteiger partial charge in [0.25, 0.3) is 5.91 Å². The highest BCUT2D eigenvalue weighted by Crippen LogP contribution is 2.13. The Kier molecular flexibility index (Phi) is 5.85. The van der Waals surface area contributed by atoms with Gasteiger partial charge in [-0.15, -0.1) is 0 Å². The SMILES string of the molecule is CC(=O)NC(=S)Nc1cccc(C(=O)NC[C@H]2CCCO2)c1. The summed E-state index contributed by atoms with van der Waals surface area (Å²) in [6.45, 7) is 2.66. The van der Waals surface area contributed by atoms with Crippen LogP contribution in [0.25, 0.3) is 0 Å². The van der Waals surface area contributed by atoms with Crippen LogP contribution in [-0.2, 0) is 9.53 Å². The number of carbonyl (C=O) groups excluding carboxylic acids is 2. The highest BCUT2D eigenvalue weighted by molar-refractivity contribution is 7.80. The number of anilines is 1. The number of ether oxygens (including phenoxy) is 1. The number of hydrogen-bond donors (Lipinski definition) is 3. The van der Waals surface area contributed by atoms with Gasteiger partial charge in [-0.1, -0.05) is 6.07 Å². The van der Waals surface area contributed by atoms with Gasteiger partial charge in [-0.05, 0) is 43.3 Å². The number of carbonyl (C=O) groups is 2. The van der Waals surface area contributed by atoms with Crippen molar-refractivity contribution in [1.29, 1.82) is 0 Å². The number of amides is 2. The van der Waals surface area contributed by atoms with Crippen molar-refractivity contribution < 1.29 is 14.3 Å². The zero-order chi connectivity index (χ0) is 15.9. The van der Waals surface area contributed by atoms with Crippen LogP contribution in [0.15, 0.2) is 24.3 Å². The van der Waals surface area contributed by atoms with Crippen molar-refractivity contribution in [2.45, 2.75) is 25.9 Å². The van der Waals surface area contributed by atoms with E-state index in [1.54, 1.807) is 24.3 Å². The Hall–Kier alpha value is -1.99. The molecule has 0 unspecified atom stereocenters. The number of hydrogen-bond acceptors (Lipinski definition) is 4. The van der Waals surface area contributed by atoms with Crippen molar-refractivity contribution in [3.05, 3.63) is 29.8 Å². The van der Waals surface area contributed by atoms with E-state index in [0.717, 1.165) is 19.4 Å². The number of nitrogens with one attached hydrogen (secondary N) is 3. The predicted octanol–water partition coefficient (Wildman–Crippen LogP) is 1.43. The summed E-state index contributed by atoms with van der Waals surface area (Å²) in [6, 6.07) is 6.92. The van der Waals surface area contributed by atoms with Gasteiger partial charge in [-0.25, -0.2) is 0 Å². The third kappa shape index (κ3) is 5.09. The van der Waals surface area contributed by atoms with Crippen LogP contribution in [0.2, 0.25) is 0 Å². The summed E-state index contributed by atoms with van der Waals surface area (Å²) in [5.74, 6) is -0.410. The fourth-order valence-electron chi connectivity index (χ4n) is 2.17. The predicted molar refractivity (Wildman–Crippen MR) is 87.8 cm³/mol. The summed E-state index contributed by atoms with van der Waals surface area (Å²) in [5.41, 5.74) is 1.16. The van der Waals surface area contributed by atoms with Gasteiger partial charge in [-0.3, -0.25) is 9.59 Å². The molecule has 1 aromatic rings. The fourth-order valence-corrected chi connectivity index (χ4v) is 2.44. The first kappa shape index (κ1) is 16.4. The fraction of sp³-hybridized carbons (Fsp3) is 0.400. The highest BCUT2D eigenvalue weighted by atomic mass is 32.1. The summed E-state index contributed by atoms with van der Waals surface area (Å²) in [7, 11) is 0. The molecule has 1 atom stereocenters. The number of benzene rings is 1. The molecule has 118 valence electrons. The van der Waals surface area contributed by atoms with Gasteiger partial charge in [-0.2, -0.15) is 0 Å². The Morgan fingerprint density at radius 2 is 2.23 bits per heavy atom. The van der Waals surface area contributed by atoms with Crippen LogP contribution in [0, 0.1) is 0 Å². The van der Waals surface area contributed by atoms with E-state index >= 15 is 0 Å². The van der Waals surface area contributed by atoms with E-state index in [9.17, 15) is 9.59 Å². The topological polar surface area (TPSA) is 79.5 Å². The van der Waals surface area contributed by atoms with E-state index in [0.29, 0.717) is 17.8 Å². The molecule has 0 saturated carbocycles. The minimum absolute atomic E-state index is 0.109. The first-order valence-corrected chi connectivity index (χ1v) is 7.54. The minimum atomic E-state index is -0.247. The Bertz CT molecular complexity index is 571. The van der Waals surface area contributed by atoms with Crippen molar-refractivity contribution in [2.75, 3.05) is 18.5 Å². The maximum absolute atomic E-state index is 12.1. The molecule has 1 saturated heterocycles. The van der Waals surface area contributed by atoms with E-state index in [2.05, 4.69) is 16.0 Å². The molecule has 0 aromatic heterocycles. The van der Waals surface area contributed by atoms with Crippen LogP contribution in [0.1, 0.15) is 30.1 Å². The standard InChI is InChI=1S/C15H19N3O3S/c1-10(19)17-15(22)18-12-5-2-4-11(8-12)14(20)16-9-13-6-3-7-21-13/h2,4-5,8,13H,3,6-7,9H2,1H3,(H,16,20)(H2,17,18,19,22)/t13-/m1/s1. The largest absolute Gasteiger partial charge is 0.376 e. The second-order valence-electron chi connectivity index (χ2n) is 5.06. The molecule has 1 fully saturated rings. The quantitative estimate of drug-likeness (QED) is 0.731. The van der Waals surface area contributed by atoms with Crippen LogP contribution >= 0.6 is 12.2 Å². The lowest BCUT2D eigenvalue weighted by Gasteiger charge is -2.12. The molecule has 2 amide bonds. The summed E-state index contributed by atoms with van der Waals surface area (Å²) in [4.78, 5) is 23.0. The molecule has 2 rings (SSSR count). The summed E-state index contributed by atoms with van der Waals surface area (Å²) >= 11 is 4.98. The summed E-state index contributed by atoms with van der Waals surface area (Å²) < 4.78 is 5.47. The lowest BCUT2D eigenvalue weighted by Crippen LogP contribution is -2.33. The Balaban J connectivity index is 1.90. The maximum Gasteiger partial charge on any atom is 0.251 e. The van der Waals surface area contributed by atoms with Gasteiger partial charge in [0.05, 0.1) is 6.10 Å². The zero-order valence-corrected chi connectivity index (χ0v) is 13.2. The Morgan fingerprint density at radius 3 is 2.91 bits per heavy atom. The number of thiocarbonyl (C=S) groups is 1. The number of rotatable bonds is 4. The molecule has 0 bridgehead atoms. The van der Waals surface area contributed by atoms with E-state index in [4.69, 9.17) is 17.0 Å². The van der Waals surface area contributed by atoms with Crippen LogP contribution in [0.4, 0.5) is 5.69 Å². The molecular formula is C15H19N3O3S. The molecule has 0 spiro atoms. The van der Waals surface area contributed by atoms with Gasteiger partial charge in [0, 0.05) is 31.3 Å². The molecule has 1 aliphatic heterocycles. The maximum atomic E-state index is 12.1. The lowest BCUT2D eigenvalue weighted by molar-refractivity contribution is -0.117. The van der Waals surface area contributed by atoms with Gasteiger partial charge in [0.2, 0.25) is 5.91 Å². The van der Waals surface area contributed by atoms with Crippen LogP contribution in [0.3, 0.4) is 0 Å². The molecule has 0 radical (unpaired) electrons. The highest BCUT2D eigenvalue weighted by Gasteiger charge is 2.16. The lowest BCUT2D eigenvalue weighted by atomic mass is 10.2. The van der Waals surface area contributed by atoms with Crippen molar-refractivity contribution >= 4 is 34.8 Å². The third-order valence-electron chi connectivity index (χ3n) is 3.19. The van der Waals surface area contributed by atoms with Crippen LogP contribution in [-0.4, -0.2) is 36.2 Å². The van der Waals surface area contributed by atoms with Gasteiger partial charge < -0.3 is 20.7 Å². The monoisotopic (exact) mass is 321 g/mol. The average molecular weight is 321 g/mol. The minimum Gasteiger partial charge on any atom is -0.376 e. The normalized spacial score (nSPS) is 16.9. The second-order valence-corrected chi connectivity index (χ2v) is 5.47. The Morgan fingerprint density at radius 1 is 1.41 bits per heavy atom. The van der Waals surface area contributed by atoms with E-state index < -0.39 is 0 Å². The van der Waals surface area contributed by atoms with E-state index in [-0.39, 0.29) is 23.0 Å².